The van der Waals surface area contributed by atoms with E-state index in [1.165, 1.54) is 19.3 Å². The molecule has 1 saturated carbocycles. The van der Waals surface area contributed by atoms with Crippen molar-refractivity contribution in [1.29, 1.82) is 0 Å². The summed E-state index contributed by atoms with van der Waals surface area (Å²) in [7, 11) is 0. The number of carbonyl (C=O) groups is 1. The van der Waals surface area contributed by atoms with Gasteiger partial charge in [0.25, 0.3) is 0 Å². The Kier molecular flexibility index (Phi) is 5.56. The number of nitrogens with zero attached hydrogens (tertiary/aromatic N) is 1. The number of aliphatic hydroxyl groups is 1. The zero-order valence-corrected chi connectivity index (χ0v) is 11.8. The SMILES string of the molecule is O=C(O)c1ccccc1CN(CCO)C1CCCCC1. The van der Waals surface area contributed by atoms with Crippen molar-refractivity contribution in [3.05, 3.63) is 35.4 Å². The fourth-order valence-electron chi connectivity index (χ4n) is 3.05. The van der Waals surface area contributed by atoms with Crippen LogP contribution in [0.1, 0.15) is 48.0 Å². The van der Waals surface area contributed by atoms with Gasteiger partial charge in [-0.25, -0.2) is 4.79 Å². The van der Waals surface area contributed by atoms with E-state index in [2.05, 4.69) is 4.90 Å². The molecule has 0 unspecified atom stereocenters. The number of aromatic carboxylic acids is 1. The average molecular weight is 277 g/mol. The van der Waals surface area contributed by atoms with E-state index < -0.39 is 5.97 Å². The Morgan fingerprint density at radius 3 is 2.55 bits per heavy atom. The van der Waals surface area contributed by atoms with E-state index in [4.69, 9.17) is 0 Å². The second kappa shape index (κ2) is 7.41. The van der Waals surface area contributed by atoms with Gasteiger partial charge in [0.05, 0.1) is 12.2 Å². The molecule has 4 heteroatoms. The predicted molar refractivity (Wildman–Crippen MR) is 77.8 cm³/mol. The zero-order chi connectivity index (χ0) is 14.4. The number of benzene rings is 1. The molecule has 20 heavy (non-hydrogen) atoms. The molecule has 0 aromatic heterocycles. The number of rotatable bonds is 6. The molecule has 2 rings (SSSR count). The first kappa shape index (κ1) is 15.0. The summed E-state index contributed by atoms with van der Waals surface area (Å²) < 4.78 is 0. The van der Waals surface area contributed by atoms with Gasteiger partial charge in [0, 0.05) is 19.1 Å². The summed E-state index contributed by atoms with van der Waals surface area (Å²) in [5.74, 6) is -0.881. The van der Waals surface area contributed by atoms with Crippen LogP contribution < -0.4 is 0 Å². The van der Waals surface area contributed by atoms with E-state index >= 15 is 0 Å². The van der Waals surface area contributed by atoms with Gasteiger partial charge in [0.1, 0.15) is 0 Å². The van der Waals surface area contributed by atoms with Crippen molar-refractivity contribution in [2.24, 2.45) is 0 Å². The lowest BCUT2D eigenvalue weighted by atomic mass is 9.93. The summed E-state index contributed by atoms with van der Waals surface area (Å²) in [5.41, 5.74) is 1.20. The van der Waals surface area contributed by atoms with Crippen molar-refractivity contribution in [3.8, 4) is 0 Å². The van der Waals surface area contributed by atoms with Crippen LogP contribution in [-0.4, -0.2) is 40.3 Å². The first-order chi connectivity index (χ1) is 9.72. The third-order valence-corrected chi connectivity index (χ3v) is 4.10. The molecular formula is C16H23NO3. The average Bonchev–Trinajstić information content (AvgIpc) is 2.48. The highest BCUT2D eigenvalue weighted by atomic mass is 16.4. The Labute approximate surface area is 120 Å². The van der Waals surface area contributed by atoms with E-state index in [1.54, 1.807) is 12.1 Å². The molecule has 0 saturated heterocycles. The first-order valence-electron chi connectivity index (χ1n) is 7.38. The molecule has 1 aromatic rings. The molecule has 1 fully saturated rings. The number of aliphatic hydroxyl groups excluding tert-OH is 1. The summed E-state index contributed by atoms with van der Waals surface area (Å²) in [6.45, 7) is 1.33. The van der Waals surface area contributed by atoms with Gasteiger partial charge in [-0.1, -0.05) is 37.5 Å². The largest absolute Gasteiger partial charge is 0.478 e. The summed E-state index contributed by atoms with van der Waals surface area (Å²) >= 11 is 0. The summed E-state index contributed by atoms with van der Waals surface area (Å²) in [5, 5.41) is 18.5. The van der Waals surface area contributed by atoms with Gasteiger partial charge < -0.3 is 10.2 Å². The van der Waals surface area contributed by atoms with Gasteiger partial charge in [-0.3, -0.25) is 4.90 Å². The van der Waals surface area contributed by atoms with Crippen molar-refractivity contribution in [3.63, 3.8) is 0 Å². The first-order valence-corrected chi connectivity index (χ1v) is 7.38. The molecule has 0 atom stereocenters. The fourth-order valence-corrected chi connectivity index (χ4v) is 3.05. The molecule has 110 valence electrons. The highest BCUT2D eigenvalue weighted by Gasteiger charge is 2.22. The number of carboxylic acid groups (broad SMARTS) is 1. The predicted octanol–water partition coefficient (Wildman–Crippen LogP) is 2.51. The number of hydrogen-bond donors (Lipinski definition) is 2. The van der Waals surface area contributed by atoms with E-state index in [1.807, 2.05) is 12.1 Å². The molecule has 0 amide bonds. The topological polar surface area (TPSA) is 60.8 Å². The molecular weight excluding hydrogens is 254 g/mol. The van der Waals surface area contributed by atoms with Crippen LogP contribution in [0.15, 0.2) is 24.3 Å². The maximum atomic E-state index is 11.3. The number of hydrogen-bond acceptors (Lipinski definition) is 3. The fraction of sp³-hybridized carbons (Fsp3) is 0.562. The van der Waals surface area contributed by atoms with E-state index in [0.29, 0.717) is 24.7 Å². The maximum absolute atomic E-state index is 11.3. The van der Waals surface area contributed by atoms with Crippen LogP contribution >= 0.6 is 0 Å². The highest BCUT2D eigenvalue weighted by Crippen LogP contribution is 2.24. The van der Waals surface area contributed by atoms with Crippen LogP contribution in [0.3, 0.4) is 0 Å². The van der Waals surface area contributed by atoms with E-state index in [9.17, 15) is 15.0 Å². The summed E-state index contributed by atoms with van der Waals surface area (Å²) in [6, 6.07) is 7.62. The van der Waals surface area contributed by atoms with Crippen LogP contribution in [0.25, 0.3) is 0 Å². The van der Waals surface area contributed by atoms with Crippen LogP contribution in [0.4, 0.5) is 0 Å². The van der Waals surface area contributed by atoms with E-state index in [-0.39, 0.29) is 6.61 Å². The molecule has 1 aliphatic carbocycles. The lowest BCUT2D eigenvalue weighted by molar-refractivity contribution is 0.0691. The van der Waals surface area contributed by atoms with Gasteiger partial charge in [-0.05, 0) is 24.5 Å². The molecule has 1 aromatic carbocycles. The van der Waals surface area contributed by atoms with Crippen molar-refractivity contribution >= 4 is 5.97 Å². The second-order valence-corrected chi connectivity index (χ2v) is 5.45. The molecule has 0 aliphatic heterocycles. The van der Waals surface area contributed by atoms with Crippen molar-refractivity contribution in [2.75, 3.05) is 13.2 Å². The van der Waals surface area contributed by atoms with Crippen molar-refractivity contribution < 1.29 is 15.0 Å². The van der Waals surface area contributed by atoms with Gasteiger partial charge >= 0.3 is 5.97 Å². The van der Waals surface area contributed by atoms with Crippen LogP contribution in [-0.2, 0) is 6.54 Å². The minimum Gasteiger partial charge on any atom is -0.478 e. The molecule has 4 nitrogen and oxygen atoms in total. The Morgan fingerprint density at radius 2 is 1.90 bits per heavy atom. The Hall–Kier alpha value is -1.39. The number of carboxylic acids is 1. The minimum atomic E-state index is -0.881. The zero-order valence-electron chi connectivity index (χ0n) is 11.8. The van der Waals surface area contributed by atoms with Crippen LogP contribution in [0.2, 0.25) is 0 Å². The van der Waals surface area contributed by atoms with Crippen molar-refractivity contribution in [2.45, 2.75) is 44.7 Å². The molecule has 2 N–H and O–H groups in total. The lowest BCUT2D eigenvalue weighted by Crippen LogP contribution is -2.38. The van der Waals surface area contributed by atoms with Crippen LogP contribution in [0.5, 0.6) is 0 Å². The Balaban J connectivity index is 2.13. The highest BCUT2D eigenvalue weighted by molar-refractivity contribution is 5.89. The molecule has 0 heterocycles. The monoisotopic (exact) mass is 277 g/mol. The normalized spacial score (nSPS) is 16.5. The molecule has 0 spiro atoms. The molecule has 0 radical (unpaired) electrons. The molecule has 0 bridgehead atoms. The third kappa shape index (κ3) is 3.81. The smallest absolute Gasteiger partial charge is 0.336 e. The minimum absolute atomic E-state index is 0.117. The van der Waals surface area contributed by atoms with Gasteiger partial charge in [0.15, 0.2) is 0 Å². The molecule has 1 aliphatic rings. The summed E-state index contributed by atoms with van der Waals surface area (Å²) in [4.78, 5) is 13.5. The Bertz CT molecular complexity index is 441. The van der Waals surface area contributed by atoms with Gasteiger partial charge in [-0.15, -0.1) is 0 Å². The van der Waals surface area contributed by atoms with Gasteiger partial charge in [-0.2, -0.15) is 0 Å². The Morgan fingerprint density at radius 1 is 1.20 bits per heavy atom. The lowest BCUT2D eigenvalue weighted by Gasteiger charge is -2.34. The second-order valence-electron chi connectivity index (χ2n) is 5.45. The van der Waals surface area contributed by atoms with E-state index in [0.717, 1.165) is 18.4 Å². The third-order valence-electron chi connectivity index (χ3n) is 4.10. The van der Waals surface area contributed by atoms with Gasteiger partial charge in [0.2, 0.25) is 0 Å². The standard InChI is InChI=1S/C16H23NO3/c18-11-10-17(14-7-2-1-3-8-14)12-13-6-4-5-9-15(13)16(19)20/h4-6,9,14,18H,1-3,7-8,10-12H2,(H,19,20). The quantitative estimate of drug-likeness (QED) is 0.838. The van der Waals surface area contributed by atoms with Crippen LogP contribution in [0, 0.1) is 0 Å². The van der Waals surface area contributed by atoms with Crippen molar-refractivity contribution in [1.82, 2.24) is 4.90 Å². The summed E-state index contributed by atoms with van der Waals surface area (Å²) in [6.07, 6.45) is 6.04. The maximum Gasteiger partial charge on any atom is 0.336 e.